The van der Waals surface area contributed by atoms with Crippen molar-refractivity contribution < 1.29 is 44.2 Å². The molecule has 1 saturated heterocycles. The lowest BCUT2D eigenvalue weighted by atomic mass is 9.99. The minimum absolute atomic E-state index is 0.0479. The van der Waals surface area contributed by atoms with Gasteiger partial charge in [-0.2, -0.15) is 0 Å². The molecule has 2 heterocycles. The van der Waals surface area contributed by atoms with Gasteiger partial charge in [0.05, 0.1) is 19.1 Å². The molecule has 3 rings (SSSR count). The van der Waals surface area contributed by atoms with E-state index in [4.69, 9.17) is 18.6 Å². The summed E-state index contributed by atoms with van der Waals surface area (Å²) in [4.78, 5) is 11.6. The normalized spacial score (nSPS) is 28.9. The Labute approximate surface area is 146 Å². The maximum atomic E-state index is 11.6. The second-order valence-corrected chi connectivity index (χ2v) is 5.74. The van der Waals surface area contributed by atoms with Crippen LogP contribution in [0.4, 0.5) is 0 Å². The highest BCUT2D eigenvalue weighted by atomic mass is 16.7. The van der Waals surface area contributed by atoms with Gasteiger partial charge in [0.2, 0.25) is 12.0 Å². The Morgan fingerprint density at radius 3 is 2.54 bits per heavy atom. The van der Waals surface area contributed by atoms with Crippen LogP contribution in [0.15, 0.2) is 27.4 Å². The Bertz CT molecular complexity index is 845. The quantitative estimate of drug-likeness (QED) is 0.409. The number of fused-ring (bicyclic) bond motifs is 1. The lowest BCUT2D eigenvalue weighted by Gasteiger charge is -2.39. The van der Waals surface area contributed by atoms with Crippen molar-refractivity contribution in [3.63, 3.8) is 0 Å². The molecule has 26 heavy (non-hydrogen) atoms. The van der Waals surface area contributed by atoms with Crippen molar-refractivity contribution in [3.05, 3.63) is 28.6 Å². The molecule has 10 heteroatoms. The summed E-state index contributed by atoms with van der Waals surface area (Å²) in [6.07, 6.45) is -7.16. The highest BCUT2D eigenvalue weighted by Gasteiger charge is 2.44. The highest BCUT2D eigenvalue weighted by molar-refractivity contribution is 5.86. The largest absolute Gasteiger partial charge is 0.499 e. The van der Waals surface area contributed by atoms with Gasteiger partial charge in [-0.15, -0.1) is 0 Å². The molecule has 1 aromatic carbocycles. The predicted molar refractivity (Wildman–Crippen MR) is 85.1 cm³/mol. The molecule has 5 N–H and O–H groups in total. The molecule has 1 aliphatic heterocycles. The molecule has 1 fully saturated rings. The number of rotatable bonds is 4. The molecule has 0 spiro atoms. The molecule has 0 aliphatic carbocycles. The second-order valence-electron chi connectivity index (χ2n) is 5.74. The van der Waals surface area contributed by atoms with Gasteiger partial charge >= 0.3 is 5.63 Å². The topological polar surface area (TPSA) is 159 Å². The zero-order valence-electron chi connectivity index (χ0n) is 13.6. The van der Waals surface area contributed by atoms with Gasteiger partial charge in [0.25, 0.3) is 0 Å². The molecule has 1 aliphatic rings. The summed E-state index contributed by atoms with van der Waals surface area (Å²) in [7, 11) is 1.28. The van der Waals surface area contributed by atoms with E-state index in [9.17, 15) is 30.3 Å². The summed E-state index contributed by atoms with van der Waals surface area (Å²) in [6.45, 7) is -0.589. The van der Waals surface area contributed by atoms with Crippen molar-refractivity contribution in [2.45, 2.75) is 30.7 Å². The van der Waals surface area contributed by atoms with E-state index in [1.54, 1.807) is 0 Å². The van der Waals surface area contributed by atoms with Gasteiger partial charge in [-0.3, -0.25) is 0 Å². The molecule has 0 radical (unpaired) electrons. The molecular weight excluding hydrogens is 352 g/mol. The molecule has 5 atom stereocenters. The van der Waals surface area contributed by atoms with Crippen molar-refractivity contribution in [2.24, 2.45) is 0 Å². The molecular formula is C16H18O10. The van der Waals surface area contributed by atoms with Gasteiger partial charge in [-0.1, -0.05) is 0 Å². The van der Waals surface area contributed by atoms with Gasteiger partial charge in [0.1, 0.15) is 35.7 Å². The average Bonchev–Trinajstić information content (AvgIpc) is 2.63. The fourth-order valence-corrected chi connectivity index (χ4v) is 2.72. The van der Waals surface area contributed by atoms with Crippen LogP contribution in [0, 0.1) is 0 Å². The van der Waals surface area contributed by atoms with Crippen LogP contribution >= 0.6 is 0 Å². The average molecular weight is 370 g/mol. The zero-order chi connectivity index (χ0) is 19.0. The minimum atomic E-state index is -1.58. The molecule has 0 amide bonds. The number of hydrogen-bond acceptors (Lipinski definition) is 10. The van der Waals surface area contributed by atoms with Crippen LogP contribution in [-0.2, 0) is 4.74 Å². The zero-order valence-corrected chi connectivity index (χ0v) is 13.6. The SMILES string of the molecule is COc1c(O)c(=O)oc2cc(O[C@@H]3O[C@H](CO)[C@@H](O)[C@H](O)[C@@H]3O)ccc12. The van der Waals surface area contributed by atoms with Crippen LogP contribution in [0.1, 0.15) is 0 Å². The van der Waals surface area contributed by atoms with E-state index in [2.05, 4.69) is 0 Å². The van der Waals surface area contributed by atoms with Gasteiger partial charge in [0.15, 0.2) is 5.75 Å². The fraction of sp³-hybridized carbons (Fsp3) is 0.438. The first-order valence-electron chi connectivity index (χ1n) is 7.68. The van der Waals surface area contributed by atoms with Crippen LogP contribution in [-0.4, -0.2) is 70.0 Å². The number of aromatic hydroxyl groups is 1. The maximum absolute atomic E-state index is 11.6. The molecule has 0 unspecified atom stereocenters. The number of aliphatic hydroxyl groups excluding tert-OH is 4. The van der Waals surface area contributed by atoms with Crippen LogP contribution < -0.4 is 15.1 Å². The molecule has 10 nitrogen and oxygen atoms in total. The first-order valence-corrected chi connectivity index (χ1v) is 7.68. The number of ether oxygens (including phenoxy) is 3. The first-order chi connectivity index (χ1) is 12.4. The van der Waals surface area contributed by atoms with E-state index >= 15 is 0 Å². The predicted octanol–water partition coefficient (Wildman–Crippen LogP) is -1.31. The summed E-state index contributed by atoms with van der Waals surface area (Å²) in [6, 6.07) is 4.20. The van der Waals surface area contributed by atoms with E-state index in [-0.39, 0.29) is 17.1 Å². The Morgan fingerprint density at radius 2 is 1.88 bits per heavy atom. The summed E-state index contributed by atoms with van der Waals surface area (Å²) >= 11 is 0. The molecule has 142 valence electrons. The monoisotopic (exact) mass is 370 g/mol. The number of methoxy groups -OCH3 is 1. The van der Waals surface area contributed by atoms with E-state index in [0.29, 0.717) is 5.39 Å². The molecule has 0 saturated carbocycles. The summed E-state index contributed by atoms with van der Waals surface area (Å²) in [5.74, 6) is -0.615. The lowest BCUT2D eigenvalue weighted by Crippen LogP contribution is -2.60. The molecule has 2 aromatic rings. The molecule has 1 aromatic heterocycles. The van der Waals surface area contributed by atoms with Crippen molar-refractivity contribution in [3.8, 4) is 17.2 Å². The van der Waals surface area contributed by atoms with Crippen LogP contribution in [0.2, 0.25) is 0 Å². The Morgan fingerprint density at radius 1 is 1.15 bits per heavy atom. The highest BCUT2D eigenvalue weighted by Crippen LogP contribution is 2.34. The molecule has 0 bridgehead atoms. The van der Waals surface area contributed by atoms with Gasteiger partial charge in [-0.25, -0.2) is 4.79 Å². The Balaban J connectivity index is 1.92. The summed E-state index contributed by atoms with van der Waals surface area (Å²) in [5.41, 5.74) is -0.953. The summed E-state index contributed by atoms with van der Waals surface area (Å²) < 4.78 is 20.7. The number of hydrogen-bond donors (Lipinski definition) is 5. The van der Waals surface area contributed by atoms with Crippen LogP contribution in [0.25, 0.3) is 11.0 Å². The Kier molecular flexibility index (Phi) is 5.03. The lowest BCUT2D eigenvalue weighted by molar-refractivity contribution is -0.277. The van der Waals surface area contributed by atoms with Crippen molar-refractivity contribution in [2.75, 3.05) is 13.7 Å². The van der Waals surface area contributed by atoms with E-state index < -0.39 is 48.7 Å². The fourth-order valence-electron chi connectivity index (χ4n) is 2.72. The van der Waals surface area contributed by atoms with Gasteiger partial charge in [0, 0.05) is 6.07 Å². The maximum Gasteiger partial charge on any atom is 0.382 e. The standard InChI is InChI=1S/C16H18O10/c1-23-14-7-3-2-6(4-8(7)25-15(22)13(14)21)24-16-12(20)11(19)10(18)9(5-17)26-16/h2-4,9-12,16-21H,5H2,1H3/t9-,10-,11+,12+,16-/m1/s1. The number of aliphatic hydroxyl groups is 4. The van der Waals surface area contributed by atoms with Crippen molar-refractivity contribution in [1.82, 2.24) is 0 Å². The summed E-state index contributed by atoms with van der Waals surface area (Å²) in [5, 5.41) is 48.7. The third-order valence-electron chi connectivity index (χ3n) is 4.11. The second kappa shape index (κ2) is 7.09. The first kappa shape index (κ1) is 18.4. The van der Waals surface area contributed by atoms with E-state index in [0.717, 1.165) is 0 Å². The van der Waals surface area contributed by atoms with Crippen LogP contribution in [0.5, 0.6) is 17.2 Å². The van der Waals surface area contributed by atoms with Gasteiger partial charge < -0.3 is 44.2 Å². The van der Waals surface area contributed by atoms with Crippen molar-refractivity contribution >= 4 is 11.0 Å². The third-order valence-corrected chi connectivity index (χ3v) is 4.11. The van der Waals surface area contributed by atoms with E-state index in [1.165, 1.54) is 25.3 Å². The Hall–Kier alpha value is -2.37. The van der Waals surface area contributed by atoms with E-state index in [1.807, 2.05) is 0 Å². The van der Waals surface area contributed by atoms with Crippen LogP contribution in [0.3, 0.4) is 0 Å². The van der Waals surface area contributed by atoms with Gasteiger partial charge in [-0.05, 0) is 12.1 Å². The minimum Gasteiger partial charge on any atom is -0.499 e. The smallest absolute Gasteiger partial charge is 0.382 e. The van der Waals surface area contributed by atoms with Crippen molar-refractivity contribution in [1.29, 1.82) is 0 Å². The third kappa shape index (κ3) is 3.08. The number of benzene rings is 1.